The van der Waals surface area contributed by atoms with E-state index in [4.69, 9.17) is 17.2 Å². The summed E-state index contributed by atoms with van der Waals surface area (Å²) in [5.74, 6) is -5.20. The summed E-state index contributed by atoms with van der Waals surface area (Å²) in [6, 6.07) is 3.52. The highest BCUT2D eigenvalue weighted by atomic mass is 16.4. The Hall–Kier alpha value is -4.79. The van der Waals surface area contributed by atoms with Gasteiger partial charge in [0, 0.05) is 37.6 Å². The van der Waals surface area contributed by atoms with Crippen LogP contribution in [0.15, 0.2) is 42.9 Å². The van der Waals surface area contributed by atoms with E-state index >= 15 is 0 Å². The molecule has 4 atom stereocenters. The van der Waals surface area contributed by atoms with E-state index in [1.54, 1.807) is 30.3 Å². The summed E-state index contributed by atoms with van der Waals surface area (Å²) >= 11 is 0. The number of benzene rings is 1. The number of H-pyrrole nitrogens is 1. The third-order valence-corrected chi connectivity index (χ3v) is 5.85. The first-order chi connectivity index (χ1) is 19.0. The predicted molar refractivity (Wildman–Crippen MR) is 141 cm³/mol. The molecule has 1 aromatic carbocycles. The normalized spacial score (nSPS) is 13.7. The van der Waals surface area contributed by atoms with Crippen LogP contribution in [0.5, 0.6) is 0 Å². The van der Waals surface area contributed by atoms with Gasteiger partial charge in [0.25, 0.3) is 0 Å². The van der Waals surface area contributed by atoms with Crippen LogP contribution in [-0.4, -0.2) is 74.7 Å². The second-order valence-corrected chi connectivity index (χ2v) is 9.11. The molecule has 0 spiro atoms. The topological polar surface area (TPSA) is 265 Å². The van der Waals surface area contributed by atoms with Crippen LogP contribution in [0.3, 0.4) is 0 Å². The maximum absolute atomic E-state index is 13.3. The van der Waals surface area contributed by atoms with Gasteiger partial charge in [-0.2, -0.15) is 0 Å². The summed E-state index contributed by atoms with van der Waals surface area (Å²) in [7, 11) is 0. The van der Waals surface area contributed by atoms with Crippen LogP contribution in [0.2, 0.25) is 0 Å². The van der Waals surface area contributed by atoms with E-state index in [0.29, 0.717) is 11.3 Å². The van der Waals surface area contributed by atoms with Crippen LogP contribution in [0.25, 0.3) is 0 Å². The van der Waals surface area contributed by atoms with E-state index in [2.05, 4.69) is 25.9 Å². The number of carboxylic acids is 1. The minimum Gasteiger partial charge on any atom is -0.480 e. The van der Waals surface area contributed by atoms with Crippen LogP contribution < -0.4 is 33.2 Å². The molecular formula is C25H34N8O7. The molecule has 11 N–H and O–H groups in total. The van der Waals surface area contributed by atoms with Gasteiger partial charge in [-0.15, -0.1) is 0 Å². The van der Waals surface area contributed by atoms with Crippen molar-refractivity contribution in [1.29, 1.82) is 0 Å². The van der Waals surface area contributed by atoms with E-state index in [-0.39, 0.29) is 38.5 Å². The van der Waals surface area contributed by atoms with Crippen LogP contribution >= 0.6 is 0 Å². The number of primary amides is 2. The van der Waals surface area contributed by atoms with E-state index in [0.717, 1.165) is 0 Å². The molecule has 0 aliphatic rings. The van der Waals surface area contributed by atoms with Gasteiger partial charge in [-0.3, -0.25) is 24.0 Å². The molecule has 0 bridgehead atoms. The van der Waals surface area contributed by atoms with Crippen molar-refractivity contribution in [2.75, 3.05) is 0 Å². The molecule has 0 saturated heterocycles. The Bertz CT molecular complexity index is 1170. The van der Waals surface area contributed by atoms with E-state index in [1.807, 2.05) is 0 Å². The number of amides is 5. The van der Waals surface area contributed by atoms with Crippen molar-refractivity contribution in [2.24, 2.45) is 17.2 Å². The van der Waals surface area contributed by atoms with Gasteiger partial charge in [-0.1, -0.05) is 30.3 Å². The highest BCUT2D eigenvalue weighted by Gasteiger charge is 2.31. The highest BCUT2D eigenvalue weighted by Crippen LogP contribution is 2.08. The molecular weight excluding hydrogens is 524 g/mol. The highest BCUT2D eigenvalue weighted by molar-refractivity contribution is 5.94. The monoisotopic (exact) mass is 558 g/mol. The minimum absolute atomic E-state index is 0.0314. The predicted octanol–water partition coefficient (Wildman–Crippen LogP) is -2.41. The molecule has 0 aliphatic carbocycles. The number of nitrogens with one attached hydrogen (secondary N) is 4. The van der Waals surface area contributed by atoms with E-state index in [1.165, 1.54) is 12.5 Å². The molecule has 0 radical (unpaired) electrons. The van der Waals surface area contributed by atoms with Gasteiger partial charge in [0.2, 0.25) is 29.5 Å². The Kier molecular flexibility index (Phi) is 12.2. The zero-order valence-electron chi connectivity index (χ0n) is 21.7. The fourth-order valence-corrected chi connectivity index (χ4v) is 3.71. The summed E-state index contributed by atoms with van der Waals surface area (Å²) in [6.45, 7) is 0. The quantitative estimate of drug-likeness (QED) is 0.103. The maximum Gasteiger partial charge on any atom is 0.326 e. The lowest BCUT2D eigenvalue weighted by Crippen LogP contribution is -2.58. The third kappa shape index (κ3) is 10.9. The van der Waals surface area contributed by atoms with Crippen LogP contribution in [0, 0.1) is 0 Å². The zero-order valence-corrected chi connectivity index (χ0v) is 21.7. The number of hydrogen-bond acceptors (Lipinski definition) is 8. The Morgan fingerprint density at radius 1 is 0.800 bits per heavy atom. The van der Waals surface area contributed by atoms with Crippen molar-refractivity contribution in [1.82, 2.24) is 25.9 Å². The molecule has 2 rings (SSSR count). The van der Waals surface area contributed by atoms with Crippen molar-refractivity contribution < 1.29 is 33.9 Å². The van der Waals surface area contributed by atoms with Crippen LogP contribution in [-0.2, 0) is 41.6 Å². The molecule has 40 heavy (non-hydrogen) atoms. The fourth-order valence-electron chi connectivity index (χ4n) is 3.71. The molecule has 15 heteroatoms. The molecule has 0 saturated carbocycles. The third-order valence-electron chi connectivity index (χ3n) is 5.85. The van der Waals surface area contributed by atoms with Crippen LogP contribution in [0.1, 0.15) is 36.9 Å². The van der Waals surface area contributed by atoms with Crippen molar-refractivity contribution in [3.05, 3.63) is 54.1 Å². The molecule has 1 aromatic heterocycles. The second kappa shape index (κ2) is 15.6. The number of imidazole rings is 1. The first kappa shape index (κ1) is 31.4. The van der Waals surface area contributed by atoms with E-state index in [9.17, 15) is 33.9 Å². The summed E-state index contributed by atoms with van der Waals surface area (Å²) in [5, 5.41) is 16.8. The molecule has 0 fully saturated rings. The average molecular weight is 559 g/mol. The van der Waals surface area contributed by atoms with Gasteiger partial charge < -0.3 is 43.2 Å². The molecule has 4 unspecified atom stereocenters. The SMILES string of the molecule is NC(=O)CCC(NC(=O)C(Cc1ccccc1)NC(=O)C(CCC(N)=O)NC(=O)C(N)Cc1cnc[nH]1)C(=O)O. The summed E-state index contributed by atoms with van der Waals surface area (Å²) in [6.07, 6.45) is 2.00. The number of nitrogens with two attached hydrogens (primary N) is 3. The average Bonchev–Trinajstić information content (AvgIpc) is 3.41. The lowest BCUT2D eigenvalue weighted by molar-refractivity contribution is -0.142. The van der Waals surface area contributed by atoms with Crippen molar-refractivity contribution in [3.63, 3.8) is 0 Å². The Balaban J connectivity index is 2.21. The molecule has 1 heterocycles. The lowest BCUT2D eigenvalue weighted by atomic mass is 10.0. The number of aromatic nitrogens is 2. The number of rotatable bonds is 17. The van der Waals surface area contributed by atoms with Crippen molar-refractivity contribution in [2.45, 2.75) is 62.7 Å². The first-order valence-electron chi connectivity index (χ1n) is 12.4. The van der Waals surface area contributed by atoms with Crippen LogP contribution in [0.4, 0.5) is 0 Å². The Morgan fingerprint density at radius 3 is 1.90 bits per heavy atom. The first-order valence-corrected chi connectivity index (χ1v) is 12.4. The van der Waals surface area contributed by atoms with Gasteiger partial charge in [0.1, 0.15) is 18.1 Å². The molecule has 2 aromatic rings. The number of carbonyl (C=O) groups is 6. The molecule has 5 amide bonds. The summed E-state index contributed by atoms with van der Waals surface area (Å²) < 4.78 is 0. The standard InChI is InChI=1S/C25H34N8O7/c26-16(11-15-12-29-13-30-15)22(36)31-17(6-8-20(27)34)23(37)33-19(10-14-4-2-1-3-5-14)24(38)32-18(25(39)40)7-9-21(28)35/h1-5,12-13,16-19H,6-11,26H2,(H2,27,34)(H2,28,35)(H,29,30)(H,31,36)(H,32,38)(H,33,37)(H,39,40). The van der Waals surface area contributed by atoms with Crippen molar-refractivity contribution in [3.8, 4) is 0 Å². The minimum atomic E-state index is -1.44. The van der Waals surface area contributed by atoms with E-state index < -0.39 is 59.7 Å². The number of carbonyl (C=O) groups excluding carboxylic acids is 5. The zero-order chi connectivity index (χ0) is 29.7. The number of carboxylic acid groups (broad SMARTS) is 1. The Morgan fingerprint density at radius 2 is 1.35 bits per heavy atom. The fraction of sp³-hybridized carbons (Fsp3) is 0.400. The smallest absolute Gasteiger partial charge is 0.326 e. The number of nitrogens with zero attached hydrogens (tertiary/aromatic N) is 1. The molecule has 15 nitrogen and oxygen atoms in total. The molecule has 0 aliphatic heterocycles. The number of aliphatic carboxylic acids is 1. The number of aromatic amines is 1. The lowest BCUT2D eigenvalue weighted by Gasteiger charge is -2.25. The summed E-state index contributed by atoms with van der Waals surface area (Å²) in [4.78, 5) is 80.0. The summed E-state index contributed by atoms with van der Waals surface area (Å²) in [5.41, 5.74) is 17.5. The van der Waals surface area contributed by atoms with Gasteiger partial charge in [-0.25, -0.2) is 9.78 Å². The van der Waals surface area contributed by atoms with Gasteiger partial charge >= 0.3 is 5.97 Å². The Labute approximate surface area is 229 Å². The molecule has 216 valence electrons. The van der Waals surface area contributed by atoms with Gasteiger partial charge in [0.05, 0.1) is 12.4 Å². The van der Waals surface area contributed by atoms with Gasteiger partial charge in [0.15, 0.2) is 0 Å². The second-order valence-electron chi connectivity index (χ2n) is 9.11. The van der Waals surface area contributed by atoms with Crippen molar-refractivity contribution >= 4 is 35.5 Å². The maximum atomic E-state index is 13.3. The van der Waals surface area contributed by atoms with Gasteiger partial charge in [-0.05, 0) is 18.4 Å². The largest absolute Gasteiger partial charge is 0.480 e. The number of hydrogen-bond donors (Lipinski definition) is 8.